The molecule has 0 fully saturated rings. The van der Waals surface area contributed by atoms with Gasteiger partial charge in [-0.3, -0.25) is 7.94 Å². The Labute approximate surface area is 60.6 Å². The third kappa shape index (κ3) is 5.67. The maximum Gasteiger partial charge on any atom is 0.327 e. The molecule has 5 heteroatoms. The second-order valence-corrected chi connectivity index (χ2v) is 4.31. The van der Waals surface area contributed by atoms with Crippen LogP contribution in [0.1, 0.15) is 0 Å². The highest BCUT2D eigenvalue weighted by atomic mass is 127. The van der Waals surface area contributed by atoms with Crippen LogP contribution in [-0.4, -0.2) is 24.6 Å². The van der Waals surface area contributed by atoms with E-state index in [0.29, 0.717) is 0 Å². The summed E-state index contributed by atoms with van der Waals surface area (Å²) >= 11 is -2.06. The van der Waals surface area contributed by atoms with Crippen LogP contribution in [0.5, 0.6) is 0 Å². The van der Waals surface area contributed by atoms with Crippen molar-refractivity contribution in [3.63, 3.8) is 0 Å². The molecular formula is C4H8IN2O2-. The summed E-state index contributed by atoms with van der Waals surface area (Å²) in [5.41, 5.74) is 0. The Morgan fingerprint density at radius 3 is 2.78 bits per heavy atom. The summed E-state index contributed by atoms with van der Waals surface area (Å²) < 4.78 is 16.6. The fraction of sp³-hybridized carbons (Fsp3) is 0.750. The number of carbonyl (C=O) groups is 1. The Kier molecular flexibility index (Phi) is 4.55. The van der Waals surface area contributed by atoms with Gasteiger partial charge in [-0.15, -0.1) is 0 Å². The van der Waals surface area contributed by atoms with Gasteiger partial charge in [0.2, 0.25) is 0 Å². The largest absolute Gasteiger partial charge is 0.763 e. The lowest BCUT2D eigenvalue weighted by molar-refractivity contribution is -0.138. The average molecular weight is 243 g/mol. The quantitative estimate of drug-likeness (QED) is 0.416. The summed E-state index contributed by atoms with van der Waals surface area (Å²) in [6.07, 6.45) is 0. The Balaban J connectivity index is 3.64. The molecule has 0 rings (SSSR count). The summed E-state index contributed by atoms with van der Waals surface area (Å²) in [7, 11) is 1.30. The third-order valence-electron chi connectivity index (χ3n) is 0.590. The molecule has 54 valence electrons. The van der Waals surface area contributed by atoms with Crippen molar-refractivity contribution >= 4 is 25.4 Å². The summed E-state index contributed by atoms with van der Waals surface area (Å²) in [6, 6.07) is 0. The SMILES string of the molecule is COC(=O)CN=I(C)=[N-]. The molecule has 4 nitrogen and oxygen atoms in total. The highest BCUT2D eigenvalue weighted by Crippen LogP contribution is 2.04. The first-order chi connectivity index (χ1) is 4.16. The number of hydrogen-bond donors (Lipinski definition) is 0. The molecular weight excluding hydrogens is 235 g/mol. The predicted octanol–water partition coefficient (Wildman–Crippen LogP) is 1.23. The second kappa shape index (κ2) is 4.66. The van der Waals surface area contributed by atoms with Crippen molar-refractivity contribution in [2.75, 3.05) is 18.6 Å². The van der Waals surface area contributed by atoms with Crippen LogP contribution in [0.4, 0.5) is 0 Å². The van der Waals surface area contributed by atoms with Crippen molar-refractivity contribution in [2.45, 2.75) is 0 Å². The standard InChI is InChI=1S/C4H8IN2O2/c1-5(6)7-3-4(8)9-2/h3H2,1-2H3/q-1. The van der Waals surface area contributed by atoms with Crippen LogP contribution < -0.4 is 0 Å². The number of carbonyl (C=O) groups excluding carboxylic acids is 1. The van der Waals surface area contributed by atoms with Gasteiger partial charge in [-0.2, -0.15) is 19.5 Å². The Morgan fingerprint density at radius 2 is 2.44 bits per heavy atom. The fourth-order valence-corrected chi connectivity index (χ4v) is 0.972. The van der Waals surface area contributed by atoms with Gasteiger partial charge in [-0.1, -0.05) is 0 Å². The topological polar surface area (TPSA) is 61.0 Å². The van der Waals surface area contributed by atoms with E-state index in [4.69, 9.17) is 3.56 Å². The van der Waals surface area contributed by atoms with Crippen molar-refractivity contribution in [3.8, 4) is 0 Å². The number of esters is 1. The highest BCUT2D eigenvalue weighted by molar-refractivity contribution is 14.2. The molecule has 0 saturated carbocycles. The smallest absolute Gasteiger partial charge is 0.327 e. The summed E-state index contributed by atoms with van der Waals surface area (Å²) in [5.74, 6) is -0.395. The van der Waals surface area contributed by atoms with Crippen LogP contribution in [0.2, 0.25) is 0 Å². The first kappa shape index (κ1) is 8.80. The van der Waals surface area contributed by atoms with E-state index >= 15 is 0 Å². The minimum absolute atomic E-state index is 0.00560. The van der Waals surface area contributed by atoms with Gasteiger partial charge < -0.3 is 8.30 Å². The molecule has 0 saturated heterocycles. The van der Waals surface area contributed by atoms with Crippen LogP contribution in [0, 0.1) is 0 Å². The molecule has 0 aliphatic rings. The molecule has 0 spiro atoms. The van der Waals surface area contributed by atoms with Gasteiger partial charge in [0, 0.05) is 0 Å². The second-order valence-electron chi connectivity index (χ2n) is 1.27. The van der Waals surface area contributed by atoms with Crippen LogP contribution >= 0.6 is 19.5 Å². The lowest BCUT2D eigenvalue weighted by Crippen LogP contribution is -2.02. The van der Waals surface area contributed by atoms with Crippen molar-refractivity contribution in [3.05, 3.63) is 3.56 Å². The number of rotatable bonds is 2. The molecule has 0 aliphatic heterocycles. The summed E-state index contributed by atoms with van der Waals surface area (Å²) in [5, 5.41) is 0. The molecule has 0 aromatic heterocycles. The number of ether oxygens (including phenoxy) is 1. The van der Waals surface area contributed by atoms with Crippen molar-refractivity contribution in [1.82, 2.24) is 0 Å². The van der Waals surface area contributed by atoms with Crippen LogP contribution in [0.3, 0.4) is 0 Å². The summed E-state index contributed by atoms with van der Waals surface area (Å²) in [6.45, 7) is -0.00560. The third-order valence-corrected chi connectivity index (χ3v) is 1.92. The molecule has 0 radical (unpaired) electrons. The van der Waals surface area contributed by atoms with Crippen molar-refractivity contribution in [1.29, 1.82) is 0 Å². The maximum absolute atomic E-state index is 10.3. The molecule has 0 aromatic rings. The zero-order chi connectivity index (χ0) is 7.28. The van der Waals surface area contributed by atoms with E-state index in [1.807, 2.05) is 0 Å². The molecule has 0 N–H and O–H groups in total. The minimum Gasteiger partial charge on any atom is -0.763 e. The van der Waals surface area contributed by atoms with E-state index in [1.54, 1.807) is 4.93 Å². The maximum atomic E-state index is 10.3. The predicted molar refractivity (Wildman–Crippen MR) is 42.6 cm³/mol. The highest BCUT2D eigenvalue weighted by Gasteiger charge is 1.92. The van der Waals surface area contributed by atoms with Crippen LogP contribution in [0.25, 0.3) is 3.56 Å². The molecule has 9 heavy (non-hydrogen) atoms. The van der Waals surface area contributed by atoms with Crippen LogP contribution in [-0.2, 0) is 9.53 Å². The molecule has 0 heterocycles. The lowest BCUT2D eigenvalue weighted by atomic mass is 10.7. The molecule has 0 aliphatic carbocycles. The molecule has 0 amide bonds. The van der Waals surface area contributed by atoms with Gasteiger partial charge in [0.15, 0.2) is 0 Å². The lowest BCUT2D eigenvalue weighted by Gasteiger charge is -1.93. The molecule has 0 atom stereocenters. The van der Waals surface area contributed by atoms with Gasteiger partial charge in [-0.05, 0) is 4.93 Å². The number of methoxy groups -OCH3 is 1. The number of halogens is 1. The zero-order valence-corrected chi connectivity index (χ0v) is 7.45. The minimum atomic E-state index is -2.06. The van der Waals surface area contributed by atoms with E-state index in [2.05, 4.69) is 7.88 Å². The first-order valence-electron chi connectivity index (χ1n) is 2.20. The average Bonchev–Trinajstić information content (AvgIpc) is 1.83. The number of hydrogen-bond acceptors (Lipinski definition) is 3. The Hall–Kier alpha value is -0.200. The number of nitrogens with zero attached hydrogens (tertiary/aromatic N) is 2. The monoisotopic (exact) mass is 243 g/mol. The Bertz CT molecular complexity index is 171. The van der Waals surface area contributed by atoms with E-state index < -0.39 is 25.4 Å². The van der Waals surface area contributed by atoms with Crippen molar-refractivity contribution < 1.29 is 9.53 Å². The van der Waals surface area contributed by atoms with Crippen LogP contribution in [0.15, 0.2) is 3.15 Å². The fourth-order valence-electron chi connectivity index (χ4n) is 0.200. The Morgan fingerprint density at radius 1 is 1.89 bits per heavy atom. The van der Waals surface area contributed by atoms with Gasteiger partial charge in [-0.25, -0.2) is 0 Å². The first-order valence-corrected chi connectivity index (χ1v) is 6.29. The number of alkyl halides is 1. The van der Waals surface area contributed by atoms with Crippen molar-refractivity contribution in [2.24, 2.45) is 3.15 Å². The zero-order valence-electron chi connectivity index (χ0n) is 5.30. The van der Waals surface area contributed by atoms with Gasteiger partial charge in [0.25, 0.3) is 0 Å². The molecule has 0 unspecified atom stereocenters. The summed E-state index contributed by atoms with van der Waals surface area (Å²) in [4.78, 5) is 11.9. The van der Waals surface area contributed by atoms with Gasteiger partial charge in [0.1, 0.15) is 6.54 Å². The molecule has 0 aromatic carbocycles. The normalized spacial score (nSPS) is 13.1. The molecule has 0 bridgehead atoms. The van der Waals surface area contributed by atoms with E-state index in [1.165, 1.54) is 7.11 Å². The van der Waals surface area contributed by atoms with E-state index in [-0.39, 0.29) is 6.54 Å². The van der Waals surface area contributed by atoms with Gasteiger partial charge >= 0.3 is 5.97 Å². The van der Waals surface area contributed by atoms with Gasteiger partial charge in [0.05, 0.1) is 7.11 Å². The van der Waals surface area contributed by atoms with E-state index in [9.17, 15) is 4.79 Å². The van der Waals surface area contributed by atoms with E-state index in [0.717, 1.165) is 0 Å².